The van der Waals surface area contributed by atoms with E-state index < -0.39 is 30.8 Å². The molecule has 0 aliphatic heterocycles. The van der Waals surface area contributed by atoms with Crippen molar-refractivity contribution < 1.29 is 21.2 Å². The molecule has 0 amide bonds. The molecule has 2 rings (SSSR count). The van der Waals surface area contributed by atoms with Gasteiger partial charge in [-0.3, -0.25) is 0 Å². The first kappa shape index (κ1) is 21.1. The maximum absolute atomic E-state index is 13.8. The van der Waals surface area contributed by atoms with E-state index in [-0.39, 0.29) is 31.8 Å². The van der Waals surface area contributed by atoms with Crippen LogP contribution in [0, 0.1) is 5.82 Å². The molecule has 26 heavy (non-hydrogen) atoms. The Morgan fingerprint density at radius 1 is 0.962 bits per heavy atom. The van der Waals surface area contributed by atoms with Gasteiger partial charge in [-0.15, -0.1) is 0 Å². The molecule has 0 fully saturated rings. The van der Waals surface area contributed by atoms with Crippen molar-refractivity contribution in [1.29, 1.82) is 0 Å². The molecule has 0 aliphatic rings. The van der Waals surface area contributed by atoms with E-state index in [0.717, 1.165) is 18.2 Å². The van der Waals surface area contributed by atoms with Gasteiger partial charge in [-0.05, 0) is 35.9 Å². The zero-order valence-corrected chi connectivity index (χ0v) is 16.5. The predicted octanol–water partition coefficient (Wildman–Crippen LogP) is 3.11. The lowest BCUT2D eigenvalue weighted by Gasteiger charge is -2.14. The Balaban J connectivity index is 2.95. The Labute approximate surface area is 164 Å². The van der Waals surface area contributed by atoms with E-state index in [1.54, 1.807) is 0 Å². The number of hydrogen-bond donors (Lipinski definition) is 2. The highest BCUT2D eigenvalue weighted by Gasteiger charge is 2.21. The minimum atomic E-state index is -4.32. The number of halogens is 4. The Hall–Kier alpha value is -1.20. The van der Waals surface area contributed by atoms with Gasteiger partial charge < -0.3 is 0 Å². The Bertz CT molecular complexity index is 1110. The summed E-state index contributed by atoms with van der Waals surface area (Å²) < 4.78 is 60.6. The summed E-state index contributed by atoms with van der Waals surface area (Å²) in [7, 11) is -8.59. The number of rotatable bonds is 4. The molecule has 0 unspecified atom stereocenters. The average Bonchev–Trinajstić information content (AvgIpc) is 2.47. The zero-order valence-electron chi connectivity index (χ0n) is 12.6. The molecule has 140 valence electrons. The summed E-state index contributed by atoms with van der Waals surface area (Å²) in [5.74, 6) is -0.834. The predicted molar refractivity (Wildman–Crippen MR) is 99.4 cm³/mol. The summed E-state index contributed by atoms with van der Waals surface area (Å²) >= 11 is 17.7. The molecule has 0 bridgehead atoms. The second-order valence-electron chi connectivity index (χ2n) is 5.06. The summed E-state index contributed by atoms with van der Waals surface area (Å²) in [6, 6.07) is 5.01. The molecule has 0 spiro atoms. The molecule has 0 heterocycles. The molecule has 2 aromatic carbocycles. The molecule has 0 aliphatic carbocycles. The second kappa shape index (κ2) is 7.43. The molecule has 0 atom stereocenters. The van der Waals surface area contributed by atoms with Crippen LogP contribution in [0.2, 0.25) is 15.1 Å². The first-order valence-corrected chi connectivity index (χ1v) is 10.8. The van der Waals surface area contributed by atoms with E-state index in [1.165, 1.54) is 12.1 Å². The van der Waals surface area contributed by atoms with Crippen LogP contribution >= 0.6 is 34.8 Å². The smallest absolute Gasteiger partial charge is 0.225 e. The van der Waals surface area contributed by atoms with E-state index >= 15 is 0 Å². The van der Waals surface area contributed by atoms with Gasteiger partial charge in [0.15, 0.2) is 0 Å². The molecule has 4 N–H and O–H groups in total. The largest absolute Gasteiger partial charge is 0.238 e. The summed E-state index contributed by atoms with van der Waals surface area (Å²) in [5, 5.41) is 10.7. The number of benzene rings is 2. The van der Waals surface area contributed by atoms with Crippen LogP contribution in [0.4, 0.5) is 4.39 Å². The first-order chi connectivity index (χ1) is 11.8. The fourth-order valence-electron chi connectivity index (χ4n) is 2.12. The van der Waals surface area contributed by atoms with Crippen LogP contribution in [-0.2, 0) is 20.0 Å². The van der Waals surface area contributed by atoms with E-state index in [9.17, 15) is 21.2 Å². The van der Waals surface area contributed by atoms with Crippen molar-refractivity contribution in [3.63, 3.8) is 0 Å². The normalized spacial score (nSPS) is 13.1. The molecular formula is C14H10Cl3FN2O4S2. The van der Waals surface area contributed by atoms with Crippen molar-refractivity contribution in [3.8, 4) is 0 Å². The maximum Gasteiger partial charge on any atom is 0.238 e. The van der Waals surface area contributed by atoms with Gasteiger partial charge in [-0.25, -0.2) is 31.5 Å². The quantitative estimate of drug-likeness (QED) is 0.682. The van der Waals surface area contributed by atoms with Crippen molar-refractivity contribution in [1.82, 2.24) is 0 Å². The number of hydrogen-bond acceptors (Lipinski definition) is 4. The van der Waals surface area contributed by atoms with E-state index in [1.807, 2.05) is 0 Å². The molecule has 0 saturated carbocycles. The molecule has 0 aromatic heterocycles. The third kappa shape index (κ3) is 4.95. The minimum Gasteiger partial charge on any atom is -0.225 e. The number of nitrogens with two attached hydrogens (primary N) is 2. The maximum atomic E-state index is 13.8. The van der Waals surface area contributed by atoms with Crippen LogP contribution in [0.25, 0.3) is 5.57 Å². The Morgan fingerprint density at radius 3 is 1.96 bits per heavy atom. The van der Waals surface area contributed by atoms with Gasteiger partial charge in [0.25, 0.3) is 0 Å². The molecule has 12 heteroatoms. The van der Waals surface area contributed by atoms with Gasteiger partial charge in [0.2, 0.25) is 20.0 Å². The van der Waals surface area contributed by atoms with Crippen LogP contribution in [0.15, 0.2) is 40.6 Å². The van der Waals surface area contributed by atoms with Crippen LogP contribution in [0.5, 0.6) is 0 Å². The van der Waals surface area contributed by atoms with Gasteiger partial charge in [-0.1, -0.05) is 34.8 Å². The molecule has 0 saturated heterocycles. The van der Waals surface area contributed by atoms with E-state index in [2.05, 4.69) is 0 Å². The molecule has 2 aromatic rings. The number of sulfonamides is 2. The standard InChI is InChI=1S/C14H10Cl3FN2O4S2/c15-11-3-7(4-12(16)14(11)17)10(6-25(19,21)22)9-5-8(18)1-2-13(9)26(20,23)24/h1-6H,(H2,19,21,22)(H2,20,23,24)/b10-6+. The second-order valence-corrected chi connectivity index (χ2v) is 9.20. The minimum absolute atomic E-state index is 0.00190. The van der Waals surface area contributed by atoms with Gasteiger partial charge in [0.05, 0.1) is 25.4 Å². The third-order valence-electron chi connectivity index (χ3n) is 3.12. The summed E-state index contributed by atoms with van der Waals surface area (Å²) in [5.41, 5.74) is -0.582. The monoisotopic (exact) mass is 458 g/mol. The van der Waals surface area contributed by atoms with Crippen molar-refractivity contribution in [2.24, 2.45) is 10.3 Å². The fourth-order valence-corrected chi connectivity index (χ4v) is 4.04. The van der Waals surface area contributed by atoms with Crippen molar-refractivity contribution in [3.05, 3.63) is 67.8 Å². The van der Waals surface area contributed by atoms with Gasteiger partial charge >= 0.3 is 0 Å². The molecular weight excluding hydrogens is 450 g/mol. The lowest BCUT2D eigenvalue weighted by molar-refractivity contribution is 0.595. The third-order valence-corrected chi connectivity index (χ3v) is 5.85. The average molecular weight is 460 g/mol. The van der Waals surface area contributed by atoms with Gasteiger partial charge in [0.1, 0.15) is 5.82 Å². The highest BCUT2D eigenvalue weighted by atomic mass is 35.5. The highest BCUT2D eigenvalue weighted by molar-refractivity contribution is 7.92. The Morgan fingerprint density at radius 2 is 1.50 bits per heavy atom. The Kier molecular flexibility index (Phi) is 6.03. The van der Waals surface area contributed by atoms with E-state index in [0.29, 0.717) is 5.41 Å². The summed E-state index contributed by atoms with van der Waals surface area (Å²) in [4.78, 5) is -0.518. The van der Waals surface area contributed by atoms with Crippen molar-refractivity contribution in [2.45, 2.75) is 4.90 Å². The van der Waals surface area contributed by atoms with Crippen molar-refractivity contribution in [2.75, 3.05) is 0 Å². The first-order valence-electron chi connectivity index (χ1n) is 6.52. The van der Waals surface area contributed by atoms with Crippen LogP contribution in [0.1, 0.15) is 11.1 Å². The number of primary sulfonamides is 2. The van der Waals surface area contributed by atoms with Crippen LogP contribution < -0.4 is 10.3 Å². The van der Waals surface area contributed by atoms with Crippen LogP contribution in [0.3, 0.4) is 0 Å². The highest BCUT2D eigenvalue weighted by Crippen LogP contribution is 2.37. The lowest BCUT2D eigenvalue weighted by atomic mass is 9.99. The zero-order chi connectivity index (χ0) is 19.9. The topological polar surface area (TPSA) is 120 Å². The summed E-state index contributed by atoms with van der Waals surface area (Å²) in [6.45, 7) is 0. The molecule has 0 radical (unpaired) electrons. The lowest BCUT2D eigenvalue weighted by Crippen LogP contribution is -2.16. The van der Waals surface area contributed by atoms with Crippen molar-refractivity contribution >= 4 is 60.4 Å². The van der Waals surface area contributed by atoms with Gasteiger partial charge in [0, 0.05) is 11.1 Å². The van der Waals surface area contributed by atoms with Crippen LogP contribution in [-0.4, -0.2) is 16.8 Å². The van der Waals surface area contributed by atoms with Gasteiger partial charge in [-0.2, -0.15) is 0 Å². The van der Waals surface area contributed by atoms with E-state index in [4.69, 9.17) is 45.1 Å². The molecule has 6 nitrogen and oxygen atoms in total. The SMILES string of the molecule is NS(=O)(=O)/C=C(\c1cc(Cl)c(Cl)c(Cl)c1)c1cc(F)ccc1S(N)(=O)=O. The fraction of sp³-hybridized carbons (Fsp3) is 0. The summed E-state index contributed by atoms with van der Waals surface area (Å²) in [6.07, 6.45) is 0.